The highest BCUT2D eigenvalue weighted by molar-refractivity contribution is 6.03. The van der Waals surface area contributed by atoms with Crippen molar-refractivity contribution in [3.05, 3.63) is 36.3 Å². The number of hydrogen-bond donors (Lipinski definition) is 3. The van der Waals surface area contributed by atoms with Crippen LogP contribution < -0.4 is 11.1 Å². The fourth-order valence-electron chi connectivity index (χ4n) is 1.86. The summed E-state index contributed by atoms with van der Waals surface area (Å²) >= 11 is 0. The molecule has 4 N–H and O–H groups in total. The quantitative estimate of drug-likeness (QED) is 0.634. The maximum atomic E-state index is 12.0. The average Bonchev–Trinajstić information content (AvgIpc) is 3.07. The molecular weight excluding hydrogens is 258 g/mol. The second kappa shape index (κ2) is 5.10. The van der Waals surface area contributed by atoms with E-state index in [0.717, 1.165) is 10.9 Å². The molecule has 1 aromatic carbocycles. The van der Waals surface area contributed by atoms with Crippen LogP contribution in [0.5, 0.6) is 0 Å². The molecule has 0 radical (unpaired) electrons. The van der Waals surface area contributed by atoms with E-state index in [-0.39, 0.29) is 11.6 Å². The van der Waals surface area contributed by atoms with Crippen molar-refractivity contribution in [2.45, 2.75) is 6.54 Å². The highest BCUT2D eigenvalue weighted by atomic mass is 16.2. The summed E-state index contributed by atoms with van der Waals surface area (Å²) in [6.45, 7) is 0.975. The number of fused-ring (bicyclic) bond motifs is 1. The van der Waals surface area contributed by atoms with Gasteiger partial charge >= 0.3 is 0 Å². The third kappa shape index (κ3) is 2.36. The summed E-state index contributed by atoms with van der Waals surface area (Å²) in [6, 6.07) is 5.48. The second-order valence-electron chi connectivity index (χ2n) is 4.28. The van der Waals surface area contributed by atoms with Crippen LogP contribution in [0.1, 0.15) is 10.5 Å². The van der Waals surface area contributed by atoms with Crippen LogP contribution in [0, 0.1) is 0 Å². The van der Waals surface area contributed by atoms with Crippen molar-refractivity contribution in [2.24, 2.45) is 5.73 Å². The third-order valence-corrected chi connectivity index (χ3v) is 2.83. The molecule has 3 aromatic rings. The normalized spacial score (nSPS) is 10.8. The Bertz CT molecular complexity index is 745. The summed E-state index contributed by atoms with van der Waals surface area (Å²) in [7, 11) is 0. The number of carbonyl (C=O) groups excluding carboxylic acids is 1. The first-order chi connectivity index (χ1) is 9.76. The van der Waals surface area contributed by atoms with Crippen LogP contribution in [0.25, 0.3) is 10.9 Å². The van der Waals surface area contributed by atoms with E-state index in [2.05, 4.69) is 25.8 Å². The summed E-state index contributed by atoms with van der Waals surface area (Å²) in [4.78, 5) is 12.0. The Balaban J connectivity index is 1.76. The van der Waals surface area contributed by atoms with Crippen LogP contribution in [-0.2, 0) is 6.54 Å². The zero-order chi connectivity index (χ0) is 13.9. The van der Waals surface area contributed by atoms with Gasteiger partial charge in [0.25, 0.3) is 5.91 Å². The molecule has 20 heavy (non-hydrogen) atoms. The maximum absolute atomic E-state index is 12.0. The van der Waals surface area contributed by atoms with Gasteiger partial charge in [-0.25, -0.2) is 0 Å². The van der Waals surface area contributed by atoms with Crippen LogP contribution in [-0.4, -0.2) is 37.6 Å². The number of H-pyrrole nitrogens is 1. The van der Waals surface area contributed by atoms with Crippen molar-refractivity contribution < 1.29 is 4.79 Å². The Morgan fingerprint density at radius 3 is 3.20 bits per heavy atom. The summed E-state index contributed by atoms with van der Waals surface area (Å²) in [5.74, 6) is -0.309. The zero-order valence-corrected chi connectivity index (χ0v) is 10.6. The second-order valence-corrected chi connectivity index (χ2v) is 4.28. The van der Waals surface area contributed by atoms with Crippen molar-refractivity contribution in [1.29, 1.82) is 0 Å². The smallest absolute Gasteiger partial charge is 0.277 e. The molecule has 0 aliphatic heterocycles. The van der Waals surface area contributed by atoms with E-state index < -0.39 is 0 Å². The van der Waals surface area contributed by atoms with Crippen molar-refractivity contribution in [3.63, 3.8) is 0 Å². The topological polar surface area (TPSA) is 115 Å². The number of carbonyl (C=O) groups is 1. The van der Waals surface area contributed by atoms with Gasteiger partial charge < -0.3 is 11.1 Å². The average molecular weight is 271 g/mol. The van der Waals surface area contributed by atoms with Gasteiger partial charge in [-0.3, -0.25) is 14.6 Å². The molecule has 1 amide bonds. The number of hydrogen-bond acceptors (Lipinski definition) is 5. The number of aromatic amines is 1. The number of nitrogens with one attached hydrogen (secondary N) is 2. The lowest BCUT2D eigenvalue weighted by molar-refractivity contribution is 0.102. The van der Waals surface area contributed by atoms with Crippen LogP contribution in [0.4, 0.5) is 5.69 Å². The molecule has 0 saturated heterocycles. The zero-order valence-electron chi connectivity index (χ0n) is 10.6. The van der Waals surface area contributed by atoms with Gasteiger partial charge in [0.2, 0.25) is 0 Å². The minimum Gasteiger partial charge on any atom is -0.329 e. The largest absolute Gasteiger partial charge is 0.329 e. The van der Waals surface area contributed by atoms with Crippen LogP contribution in [0.3, 0.4) is 0 Å². The standard InChI is InChI=1S/C12H13N7O/c13-3-4-19-7-11(17-18-19)12(20)15-9-1-2-10-8(5-9)6-14-16-10/h1-2,5-7H,3-4,13H2,(H,14,16)(H,15,20). The lowest BCUT2D eigenvalue weighted by Gasteiger charge is -2.02. The predicted molar refractivity (Wildman–Crippen MR) is 73.1 cm³/mol. The number of rotatable bonds is 4. The van der Waals surface area contributed by atoms with Gasteiger partial charge in [-0.1, -0.05) is 5.21 Å². The Morgan fingerprint density at radius 1 is 1.45 bits per heavy atom. The molecule has 0 unspecified atom stereocenters. The lowest BCUT2D eigenvalue weighted by atomic mass is 10.2. The molecule has 2 heterocycles. The van der Waals surface area contributed by atoms with Crippen molar-refractivity contribution in [3.8, 4) is 0 Å². The number of amides is 1. The SMILES string of the molecule is NCCn1cc(C(=O)Nc2ccc3[nH]ncc3c2)nn1. The Labute approximate surface area is 114 Å². The first-order valence-corrected chi connectivity index (χ1v) is 6.11. The van der Waals surface area contributed by atoms with E-state index >= 15 is 0 Å². The molecule has 0 aliphatic carbocycles. The minimum atomic E-state index is -0.309. The number of nitrogens with zero attached hydrogens (tertiary/aromatic N) is 4. The van der Waals surface area contributed by atoms with E-state index in [1.165, 1.54) is 4.68 Å². The molecule has 0 bridgehead atoms. The summed E-state index contributed by atoms with van der Waals surface area (Å²) in [5.41, 5.74) is 7.26. The van der Waals surface area contributed by atoms with Crippen LogP contribution >= 0.6 is 0 Å². The van der Waals surface area contributed by atoms with E-state index in [4.69, 9.17) is 5.73 Å². The monoisotopic (exact) mass is 271 g/mol. The summed E-state index contributed by atoms with van der Waals surface area (Å²) in [5, 5.41) is 18.1. The van der Waals surface area contributed by atoms with Gasteiger partial charge in [-0.2, -0.15) is 5.10 Å². The lowest BCUT2D eigenvalue weighted by Crippen LogP contribution is -2.12. The van der Waals surface area contributed by atoms with Gasteiger partial charge in [0, 0.05) is 17.6 Å². The van der Waals surface area contributed by atoms with Gasteiger partial charge in [0.1, 0.15) is 0 Å². The van der Waals surface area contributed by atoms with Crippen molar-refractivity contribution >= 4 is 22.5 Å². The van der Waals surface area contributed by atoms with Crippen molar-refractivity contribution in [2.75, 3.05) is 11.9 Å². The van der Waals surface area contributed by atoms with Gasteiger partial charge in [-0.05, 0) is 18.2 Å². The number of nitrogens with two attached hydrogens (primary N) is 1. The number of benzene rings is 1. The minimum absolute atomic E-state index is 0.255. The van der Waals surface area contributed by atoms with Crippen molar-refractivity contribution in [1.82, 2.24) is 25.2 Å². The molecule has 0 atom stereocenters. The number of aromatic nitrogens is 5. The molecule has 0 spiro atoms. The predicted octanol–water partition coefficient (Wildman–Crippen LogP) is 0.365. The van der Waals surface area contributed by atoms with Crippen LogP contribution in [0.2, 0.25) is 0 Å². The Hall–Kier alpha value is -2.74. The van der Waals surface area contributed by atoms with Gasteiger partial charge in [0.15, 0.2) is 5.69 Å². The first kappa shape index (κ1) is 12.3. The molecule has 8 nitrogen and oxygen atoms in total. The molecule has 102 valence electrons. The maximum Gasteiger partial charge on any atom is 0.277 e. The molecular formula is C12H13N7O. The molecule has 8 heteroatoms. The highest BCUT2D eigenvalue weighted by Crippen LogP contribution is 2.17. The van der Waals surface area contributed by atoms with Crippen LogP contribution in [0.15, 0.2) is 30.6 Å². The Kier molecular flexibility index (Phi) is 3.13. The molecule has 0 fully saturated rings. The molecule has 0 saturated carbocycles. The highest BCUT2D eigenvalue weighted by Gasteiger charge is 2.11. The fraction of sp³-hybridized carbons (Fsp3) is 0.167. The fourth-order valence-corrected chi connectivity index (χ4v) is 1.86. The molecule has 2 aromatic heterocycles. The molecule has 3 rings (SSSR count). The van der Waals surface area contributed by atoms with E-state index in [1.54, 1.807) is 18.5 Å². The third-order valence-electron chi connectivity index (χ3n) is 2.83. The van der Waals surface area contributed by atoms with E-state index in [0.29, 0.717) is 18.8 Å². The summed E-state index contributed by atoms with van der Waals surface area (Å²) < 4.78 is 1.54. The van der Waals surface area contributed by atoms with E-state index in [1.807, 2.05) is 12.1 Å². The molecule has 0 aliphatic rings. The van der Waals surface area contributed by atoms with E-state index in [9.17, 15) is 4.79 Å². The van der Waals surface area contributed by atoms with Gasteiger partial charge in [0.05, 0.1) is 24.5 Å². The first-order valence-electron chi connectivity index (χ1n) is 6.11. The number of anilines is 1. The summed E-state index contributed by atoms with van der Waals surface area (Å²) in [6.07, 6.45) is 3.26. The Morgan fingerprint density at radius 2 is 2.35 bits per heavy atom. The van der Waals surface area contributed by atoms with Gasteiger partial charge in [-0.15, -0.1) is 5.10 Å².